The van der Waals surface area contributed by atoms with Crippen LogP contribution in [0.2, 0.25) is 0 Å². The van der Waals surface area contributed by atoms with Gasteiger partial charge in [-0.15, -0.1) is 10.2 Å². The van der Waals surface area contributed by atoms with Gasteiger partial charge in [0.15, 0.2) is 48.4 Å². The van der Waals surface area contributed by atoms with Crippen LogP contribution in [0.25, 0.3) is 0 Å². The average molecular weight is 2020 g/mol. The van der Waals surface area contributed by atoms with Gasteiger partial charge in [0.25, 0.3) is 31.9 Å². The molecule has 2 aromatic heterocycles. The van der Waals surface area contributed by atoms with Gasteiger partial charge in [-0.05, 0) is 197 Å². The highest BCUT2D eigenvalue weighted by Crippen LogP contribution is 2.36. The highest BCUT2D eigenvalue weighted by atomic mass is 32.2. The first-order chi connectivity index (χ1) is 68.9. The van der Waals surface area contributed by atoms with Crippen molar-refractivity contribution in [3.8, 4) is 23.0 Å². The van der Waals surface area contributed by atoms with Gasteiger partial charge in [-0.3, -0.25) is 39.6 Å². The van der Waals surface area contributed by atoms with Crippen molar-refractivity contribution in [1.29, 1.82) is 10.8 Å². The molecule has 14 N–H and O–H groups in total. The molecule has 8 aromatic carbocycles. The number of methoxy groups -OCH3 is 4. The van der Waals surface area contributed by atoms with Crippen molar-refractivity contribution in [2.45, 2.75) is 188 Å². The fourth-order valence-corrected chi connectivity index (χ4v) is 19.8. The van der Waals surface area contributed by atoms with Crippen LogP contribution in [0.1, 0.15) is 133 Å². The lowest BCUT2D eigenvalue weighted by molar-refractivity contribution is -0.259. The molecule has 0 saturated carbocycles. The Balaban J connectivity index is 0.912. The van der Waals surface area contributed by atoms with Gasteiger partial charge in [0.1, 0.15) is 71.5 Å². The Bertz CT molecular complexity index is 6200. The third-order valence-corrected chi connectivity index (χ3v) is 27.6. The van der Waals surface area contributed by atoms with Gasteiger partial charge in [0.2, 0.25) is 35.5 Å². The summed E-state index contributed by atoms with van der Waals surface area (Å²) in [5.74, 6) is -11.7. The lowest BCUT2D eigenvalue weighted by Crippen LogP contribution is -2.68. The Labute approximate surface area is 827 Å². The Morgan fingerprint density at radius 1 is 0.424 bits per heavy atom. The number of phenols is 2. The van der Waals surface area contributed by atoms with Crippen LogP contribution in [-0.2, 0) is 103 Å². The quantitative estimate of drug-likeness (QED) is 0.0104. The number of aromatic nitrogens is 6. The number of hydrogen-bond donors (Lipinski definition) is 14. The predicted molar refractivity (Wildman–Crippen MR) is 513 cm³/mol. The zero-order chi connectivity index (χ0) is 103. The van der Waals surface area contributed by atoms with Gasteiger partial charge in [-0.2, -0.15) is 0 Å². The van der Waals surface area contributed by atoms with Crippen molar-refractivity contribution >= 4 is 91.3 Å². The number of esters is 4. The molecule has 2 fully saturated rings. The summed E-state index contributed by atoms with van der Waals surface area (Å²) >= 11 is 0. The second-order valence-electron chi connectivity index (χ2n) is 34.2. The van der Waals surface area contributed by atoms with Crippen LogP contribution in [0.5, 0.6) is 23.0 Å². The highest BCUT2D eigenvalue weighted by Gasteiger charge is 2.55. The molecular weight excluding hydrogens is 1910 g/mol. The van der Waals surface area contributed by atoms with Crippen molar-refractivity contribution in [1.82, 2.24) is 82.0 Å². The van der Waals surface area contributed by atoms with Crippen LogP contribution in [0.15, 0.2) is 204 Å². The summed E-state index contributed by atoms with van der Waals surface area (Å²) in [6.07, 6.45) is -14.0. The average Bonchev–Trinajstić information content (AvgIpc) is 1.06. The Kier molecular flexibility index (Phi) is 34.9. The van der Waals surface area contributed by atoms with Crippen molar-refractivity contribution in [2.75, 3.05) is 41.5 Å². The molecule has 5 heterocycles. The van der Waals surface area contributed by atoms with Crippen LogP contribution >= 0.6 is 0 Å². The first-order valence-electron chi connectivity index (χ1n) is 45.5. The molecule has 144 heavy (non-hydrogen) atoms. The van der Waals surface area contributed by atoms with E-state index in [2.05, 4.69) is 72.6 Å². The number of aromatic hydroxyl groups is 2. The molecule has 10 aromatic rings. The SMILES string of the molecule is COc1cc(C)c(S(=O)(=O)NC(=N)NCCC[C@@H]2NC(=O)c3cn(nn3)C[C@H]3O[C@@H](OC)[C@H](NC(=O)[C@H](Cc4ccc(O)cc4)NC(=O)[C@H](CCCNC(=N)NS(=O)(=O)c4c(C)cc(OC)c(C)c4C)NC(=O)c4cn(nn4)C[C@H]4O[C@@H](OC)[C@H](NC(=O)[C@H](Cc5ccc(O)cc5)NC2=O)[C@@H](OC(=O)c2ccccc2)[C@@H]4OC(=O)c2ccccc2)[C@@H](OC(=O)c2ccccc2)[C@@H]3OC(=O)c2ccccc2)c(C)c1C. The van der Waals surface area contributed by atoms with Crippen molar-refractivity contribution in [2.24, 2.45) is 0 Å². The Hall–Kier alpha value is -15.8. The van der Waals surface area contributed by atoms with Crippen molar-refractivity contribution < 1.29 is 122 Å². The minimum absolute atomic E-state index is 0.0392. The van der Waals surface area contributed by atoms with E-state index < -0.39 is 214 Å². The molecule has 14 atom stereocenters. The lowest BCUT2D eigenvalue weighted by atomic mass is 9.94. The van der Waals surface area contributed by atoms with E-state index in [0.717, 1.165) is 36.0 Å². The molecule has 13 rings (SSSR count). The zero-order valence-corrected chi connectivity index (χ0v) is 81.5. The maximum absolute atomic E-state index is 15.9. The molecule has 8 bridgehead atoms. The third kappa shape index (κ3) is 26.3. The summed E-state index contributed by atoms with van der Waals surface area (Å²) in [5, 5.41) is 77.5. The number of carbonyl (C=O) groups excluding carboxylic acids is 10. The van der Waals surface area contributed by atoms with Gasteiger partial charge in [0.05, 0.1) is 71.7 Å². The molecule has 3 aliphatic rings. The third-order valence-electron chi connectivity index (χ3n) is 24.3. The molecule has 0 aliphatic carbocycles. The number of amides is 6. The highest BCUT2D eigenvalue weighted by molar-refractivity contribution is 7.90. The summed E-state index contributed by atoms with van der Waals surface area (Å²) in [6.45, 7) is 7.89. The Morgan fingerprint density at radius 3 is 1.05 bits per heavy atom. The minimum Gasteiger partial charge on any atom is -0.508 e. The van der Waals surface area contributed by atoms with E-state index in [1.807, 2.05) is 0 Å². The molecule has 760 valence electrons. The number of aryl methyl sites for hydroxylation is 2. The molecule has 0 spiro atoms. The van der Waals surface area contributed by atoms with E-state index in [4.69, 9.17) is 58.2 Å². The second kappa shape index (κ2) is 47.7. The molecule has 46 heteroatoms. The van der Waals surface area contributed by atoms with Gasteiger partial charge < -0.3 is 100 Å². The number of nitrogens with one attached hydrogen (secondary N) is 12. The first-order valence-corrected chi connectivity index (χ1v) is 48.5. The smallest absolute Gasteiger partial charge is 0.338 e. The van der Waals surface area contributed by atoms with E-state index in [-0.39, 0.29) is 82.3 Å². The van der Waals surface area contributed by atoms with Crippen LogP contribution in [-0.4, -0.2) is 255 Å². The molecule has 44 nitrogen and oxygen atoms in total. The number of guanidine groups is 2. The van der Waals surface area contributed by atoms with Gasteiger partial charge in [0, 0.05) is 40.2 Å². The van der Waals surface area contributed by atoms with Gasteiger partial charge in [-0.25, -0.2) is 54.8 Å². The topological polar surface area (TPSA) is 601 Å². The zero-order valence-electron chi connectivity index (χ0n) is 79.8. The normalized spacial score (nSPS) is 21.3. The van der Waals surface area contributed by atoms with Gasteiger partial charge >= 0.3 is 23.9 Å². The molecule has 3 aliphatic heterocycles. The minimum atomic E-state index is -4.46. The number of fused-ring (bicyclic) bond motifs is 10. The largest absolute Gasteiger partial charge is 0.508 e. The summed E-state index contributed by atoms with van der Waals surface area (Å²) in [6, 6.07) is 33.5. The van der Waals surface area contributed by atoms with E-state index in [1.54, 1.807) is 65.8 Å². The van der Waals surface area contributed by atoms with Crippen molar-refractivity contribution in [3.63, 3.8) is 0 Å². The molecule has 0 unspecified atom stereocenters. The van der Waals surface area contributed by atoms with Crippen LogP contribution < -0.4 is 61.5 Å². The van der Waals surface area contributed by atoms with E-state index in [9.17, 15) is 46.2 Å². The number of ether oxygens (including phenoxy) is 10. The number of rotatable bonds is 28. The summed E-state index contributed by atoms with van der Waals surface area (Å²) in [7, 11) is -3.73. The fourth-order valence-electron chi connectivity index (χ4n) is 16.8. The Morgan fingerprint density at radius 2 is 0.736 bits per heavy atom. The van der Waals surface area contributed by atoms with E-state index in [1.165, 1.54) is 172 Å². The van der Waals surface area contributed by atoms with E-state index >= 15 is 28.8 Å². The standard InChI is InChI=1S/C98H110N18O26S2/c1-53-45-73(133-7)55(3)57(5)83(53)143(129,130)111-97(99)101-43-23-33-67-85(119)105-69(47-59-35-39-65(117)40-36-59)87(121)107-77-81(141-93(127)63-29-19-13-20-30-63)80(140-92(126)62-27-17-12-18-28-62)76(138-95(77)135-9)52-116-50-72(110-114-116)90(124)104-68(34-24-44-102-98(100)112-144(131,132)84-54(2)46-74(134-8)56(4)58(84)6)86(120)106-70(48-60-37-41-66(118)42-38-60)88(122)108-78-82(142-94(128)64-31-21-14-22-32-64)79(139-91(125)61-25-15-11-16-26-61)75(137-96(78)136-10)51-115-49-71(109-113-115)89(123)103-67/h11-22,25-32,35-42,45-46,49-50,67-70,75-82,95-96,117-118H,23-24,33-34,43-44,47-48,51-52H2,1-10H3,(H,103,123)(H,104,124)(H,105,119)(H,106,120)(H,107,121)(H,108,122)(H3,99,101,111)(H3,100,102,112)/t67-,68-,69-,70-,75+,76+,77+,78+,79+,80+,81+,82+,95+,96+/m0/s1. The van der Waals surface area contributed by atoms with Crippen LogP contribution in [0, 0.1) is 52.4 Å². The first kappa shape index (κ1) is 106. The van der Waals surface area contributed by atoms with Crippen LogP contribution in [0.4, 0.5) is 0 Å². The predicted octanol–water partition coefficient (Wildman–Crippen LogP) is 4.69. The van der Waals surface area contributed by atoms with Crippen LogP contribution in [0.3, 0.4) is 0 Å². The summed E-state index contributed by atoms with van der Waals surface area (Å²) < 4.78 is 125. The number of nitrogens with zero attached hydrogens (tertiary/aromatic N) is 6. The molecule has 0 radical (unpaired) electrons. The summed E-state index contributed by atoms with van der Waals surface area (Å²) in [4.78, 5) is 153. The number of benzene rings is 8. The molecule has 2 saturated heterocycles. The number of carbonyl (C=O) groups is 10. The molecular formula is C98H110N18O26S2. The number of sulfonamides is 2. The fraction of sp³-hybridized carbons (Fsp3) is 0.347. The second-order valence-corrected chi connectivity index (χ2v) is 37.4. The maximum atomic E-state index is 15.9. The van der Waals surface area contributed by atoms with Gasteiger partial charge in [-0.1, -0.05) is 107 Å². The number of phenolic OH excluding ortho intramolecular Hbond substituents is 2. The lowest BCUT2D eigenvalue weighted by Gasteiger charge is -2.45. The molecule has 6 amide bonds. The number of hydrogen-bond acceptors (Lipinski definition) is 32. The van der Waals surface area contributed by atoms with E-state index in [0.29, 0.717) is 56.0 Å². The summed E-state index contributed by atoms with van der Waals surface area (Å²) in [5.41, 5.74) is 1.73. The maximum Gasteiger partial charge on any atom is 0.338 e. The monoisotopic (exact) mass is 2020 g/mol. The van der Waals surface area contributed by atoms with Crippen molar-refractivity contribution in [3.05, 3.63) is 273 Å².